The predicted octanol–water partition coefficient (Wildman–Crippen LogP) is 1.73. The average Bonchev–Trinajstić information content (AvgIpc) is 2.32. The molecule has 5 nitrogen and oxygen atoms in total. The Hall–Kier alpha value is -2.11. The third kappa shape index (κ3) is 3.67. The first-order chi connectivity index (χ1) is 8.86. The highest BCUT2D eigenvalue weighted by Crippen LogP contribution is 2.16. The van der Waals surface area contributed by atoms with Crippen LogP contribution < -0.4 is 5.73 Å². The number of carbonyl (C=O) groups excluding carboxylic acids is 1. The molecule has 1 aromatic carbocycles. The Morgan fingerprint density at radius 1 is 1.47 bits per heavy atom. The second-order valence-corrected chi connectivity index (χ2v) is 4.27. The number of amides is 1. The molecule has 0 radical (unpaired) electrons. The van der Waals surface area contributed by atoms with Gasteiger partial charge in [0.2, 0.25) is 0 Å². The molecule has 0 saturated carbocycles. The molecule has 6 heteroatoms. The van der Waals surface area contributed by atoms with E-state index in [0.29, 0.717) is 6.54 Å². The van der Waals surface area contributed by atoms with Crippen LogP contribution in [0.15, 0.2) is 18.2 Å². The molecule has 0 bridgehead atoms. The predicted molar refractivity (Wildman–Crippen MR) is 69.2 cm³/mol. The fourth-order valence-electron chi connectivity index (χ4n) is 1.84. The first kappa shape index (κ1) is 14.9. The molecule has 0 heterocycles. The van der Waals surface area contributed by atoms with Crippen molar-refractivity contribution < 1.29 is 19.1 Å². The zero-order chi connectivity index (χ0) is 14.6. The van der Waals surface area contributed by atoms with E-state index in [2.05, 4.69) is 0 Å². The van der Waals surface area contributed by atoms with Crippen LogP contribution in [0.3, 0.4) is 0 Å². The van der Waals surface area contributed by atoms with Crippen molar-refractivity contribution in [2.45, 2.75) is 26.3 Å². The van der Waals surface area contributed by atoms with Crippen molar-refractivity contribution in [3.63, 3.8) is 0 Å². The van der Waals surface area contributed by atoms with Crippen LogP contribution in [-0.4, -0.2) is 34.5 Å². The fraction of sp³-hybridized carbons (Fsp3) is 0.385. The van der Waals surface area contributed by atoms with Crippen LogP contribution in [0.5, 0.6) is 0 Å². The average molecular weight is 268 g/mol. The first-order valence-electron chi connectivity index (χ1n) is 5.94. The van der Waals surface area contributed by atoms with Gasteiger partial charge in [-0.2, -0.15) is 0 Å². The van der Waals surface area contributed by atoms with Gasteiger partial charge in [-0.15, -0.1) is 0 Å². The molecule has 1 rings (SSSR count). The maximum absolute atomic E-state index is 13.3. The summed E-state index contributed by atoms with van der Waals surface area (Å²) >= 11 is 0. The SMILES string of the molecule is CCN(C(=O)c1ccc(N)c(F)c1)C(C)CC(=O)O. The smallest absolute Gasteiger partial charge is 0.305 e. The Bertz CT molecular complexity index is 491. The molecule has 1 aromatic rings. The van der Waals surface area contributed by atoms with Crippen LogP contribution in [0.1, 0.15) is 30.6 Å². The van der Waals surface area contributed by atoms with Gasteiger partial charge in [-0.05, 0) is 32.0 Å². The van der Waals surface area contributed by atoms with Crippen LogP contribution in [0.4, 0.5) is 10.1 Å². The minimum Gasteiger partial charge on any atom is -0.481 e. The normalized spacial score (nSPS) is 11.9. The Balaban J connectivity index is 2.94. The van der Waals surface area contributed by atoms with Crippen molar-refractivity contribution in [2.24, 2.45) is 0 Å². The number of hydrogen-bond acceptors (Lipinski definition) is 3. The largest absolute Gasteiger partial charge is 0.481 e. The highest BCUT2D eigenvalue weighted by molar-refractivity contribution is 5.95. The Labute approximate surface area is 110 Å². The lowest BCUT2D eigenvalue weighted by Crippen LogP contribution is -2.39. The van der Waals surface area contributed by atoms with Gasteiger partial charge in [0, 0.05) is 18.2 Å². The van der Waals surface area contributed by atoms with E-state index in [9.17, 15) is 14.0 Å². The lowest BCUT2D eigenvalue weighted by molar-refractivity contribution is -0.138. The van der Waals surface area contributed by atoms with E-state index >= 15 is 0 Å². The second kappa shape index (κ2) is 6.17. The van der Waals surface area contributed by atoms with Crippen LogP contribution in [0, 0.1) is 5.82 Å². The van der Waals surface area contributed by atoms with Crippen LogP contribution in [0.2, 0.25) is 0 Å². The van der Waals surface area contributed by atoms with E-state index in [1.807, 2.05) is 0 Å². The minimum atomic E-state index is -0.984. The molecule has 0 fully saturated rings. The molecule has 1 unspecified atom stereocenters. The minimum absolute atomic E-state index is 0.0295. The zero-order valence-electron chi connectivity index (χ0n) is 10.9. The number of carboxylic acid groups (broad SMARTS) is 1. The van der Waals surface area contributed by atoms with E-state index < -0.39 is 23.7 Å². The van der Waals surface area contributed by atoms with Gasteiger partial charge < -0.3 is 15.7 Å². The van der Waals surface area contributed by atoms with Crippen molar-refractivity contribution in [1.29, 1.82) is 0 Å². The number of hydrogen-bond donors (Lipinski definition) is 2. The summed E-state index contributed by atoms with van der Waals surface area (Å²) < 4.78 is 13.3. The Morgan fingerprint density at radius 2 is 2.11 bits per heavy atom. The summed E-state index contributed by atoms with van der Waals surface area (Å²) in [6.45, 7) is 3.73. The van der Waals surface area contributed by atoms with Crippen molar-refractivity contribution in [3.8, 4) is 0 Å². The fourth-order valence-corrected chi connectivity index (χ4v) is 1.84. The molecular weight excluding hydrogens is 251 g/mol. The number of anilines is 1. The highest BCUT2D eigenvalue weighted by atomic mass is 19.1. The van der Waals surface area contributed by atoms with Crippen molar-refractivity contribution in [1.82, 2.24) is 4.90 Å². The summed E-state index contributed by atoms with van der Waals surface area (Å²) in [5.74, 6) is -2.05. The van der Waals surface area contributed by atoms with E-state index in [1.54, 1.807) is 13.8 Å². The molecule has 0 saturated heterocycles. The van der Waals surface area contributed by atoms with Gasteiger partial charge in [-0.25, -0.2) is 4.39 Å². The summed E-state index contributed by atoms with van der Waals surface area (Å²) in [5, 5.41) is 8.75. The zero-order valence-corrected chi connectivity index (χ0v) is 10.9. The summed E-state index contributed by atoms with van der Waals surface area (Å²) in [5.41, 5.74) is 5.47. The van der Waals surface area contributed by atoms with Gasteiger partial charge in [-0.1, -0.05) is 0 Å². The third-order valence-corrected chi connectivity index (χ3v) is 2.85. The standard InChI is InChI=1S/C13H17FN2O3/c1-3-16(8(2)6-12(17)18)13(19)9-4-5-11(15)10(14)7-9/h4-5,7-8H,3,6,15H2,1-2H3,(H,17,18). The van der Waals surface area contributed by atoms with Crippen LogP contribution in [-0.2, 0) is 4.79 Å². The summed E-state index contributed by atoms with van der Waals surface area (Å²) in [7, 11) is 0. The van der Waals surface area contributed by atoms with E-state index in [4.69, 9.17) is 10.8 Å². The Morgan fingerprint density at radius 3 is 2.58 bits per heavy atom. The van der Waals surface area contributed by atoms with Gasteiger partial charge in [-0.3, -0.25) is 9.59 Å². The molecule has 104 valence electrons. The summed E-state index contributed by atoms with van der Waals surface area (Å²) in [6.07, 6.45) is -0.156. The topological polar surface area (TPSA) is 83.6 Å². The second-order valence-electron chi connectivity index (χ2n) is 4.27. The lowest BCUT2D eigenvalue weighted by atomic mass is 10.1. The third-order valence-electron chi connectivity index (χ3n) is 2.85. The van der Waals surface area contributed by atoms with Crippen molar-refractivity contribution in [2.75, 3.05) is 12.3 Å². The number of nitrogen functional groups attached to an aromatic ring is 1. The molecule has 1 amide bonds. The molecule has 0 aliphatic heterocycles. The number of aliphatic carboxylic acids is 1. The molecular formula is C13H17FN2O3. The summed E-state index contributed by atoms with van der Waals surface area (Å²) in [4.78, 5) is 24.2. The number of benzene rings is 1. The summed E-state index contributed by atoms with van der Waals surface area (Å²) in [6, 6.07) is 3.35. The van der Waals surface area contributed by atoms with E-state index in [1.165, 1.54) is 17.0 Å². The number of nitrogens with zero attached hydrogens (tertiary/aromatic N) is 1. The monoisotopic (exact) mass is 268 g/mol. The first-order valence-corrected chi connectivity index (χ1v) is 5.94. The molecule has 0 aromatic heterocycles. The maximum atomic E-state index is 13.3. The quantitative estimate of drug-likeness (QED) is 0.797. The number of halogens is 1. The van der Waals surface area contributed by atoms with E-state index in [0.717, 1.165) is 6.07 Å². The highest BCUT2D eigenvalue weighted by Gasteiger charge is 2.22. The number of nitrogens with two attached hydrogens (primary N) is 1. The Kier molecular flexibility index (Phi) is 4.86. The molecule has 3 N–H and O–H groups in total. The van der Waals surface area contributed by atoms with Gasteiger partial charge in [0.05, 0.1) is 12.1 Å². The molecule has 19 heavy (non-hydrogen) atoms. The number of carbonyl (C=O) groups is 2. The van der Waals surface area contributed by atoms with Crippen LogP contribution >= 0.6 is 0 Å². The van der Waals surface area contributed by atoms with E-state index in [-0.39, 0.29) is 17.7 Å². The van der Waals surface area contributed by atoms with Crippen molar-refractivity contribution >= 4 is 17.6 Å². The van der Waals surface area contributed by atoms with Gasteiger partial charge in [0.15, 0.2) is 0 Å². The molecule has 0 spiro atoms. The number of carboxylic acids is 1. The maximum Gasteiger partial charge on any atom is 0.305 e. The van der Waals surface area contributed by atoms with Gasteiger partial charge in [0.1, 0.15) is 5.82 Å². The number of rotatable bonds is 5. The molecule has 1 atom stereocenters. The lowest BCUT2D eigenvalue weighted by Gasteiger charge is -2.27. The van der Waals surface area contributed by atoms with Gasteiger partial charge >= 0.3 is 5.97 Å². The molecule has 0 aliphatic carbocycles. The van der Waals surface area contributed by atoms with Crippen LogP contribution in [0.25, 0.3) is 0 Å². The molecule has 0 aliphatic rings. The van der Waals surface area contributed by atoms with Crippen molar-refractivity contribution in [3.05, 3.63) is 29.6 Å². The van der Waals surface area contributed by atoms with Gasteiger partial charge in [0.25, 0.3) is 5.91 Å².